The van der Waals surface area contributed by atoms with E-state index in [1.807, 2.05) is 0 Å². The highest BCUT2D eigenvalue weighted by Crippen LogP contribution is 2.37. The first kappa shape index (κ1) is 6.95. The van der Waals surface area contributed by atoms with Crippen molar-refractivity contribution >= 4 is 11.8 Å². The van der Waals surface area contributed by atoms with E-state index in [4.69, 9.17) is 0 Å². The van der Waals surface area contributed by atoms with Crippen molar-refractivity contribution in [3.05, 3.63) is 0 Å². The van der Waals surface area contributed by atoms with Crippen molar-refractivity contribution in [2.75, 3.05) is 18.8 Å². The molecule has 2 aliphatic heterocycles. The normalized spacial score (nSPS) is 34.2. The van der Waals surface area contributed by atoms with Crippen LogP contribution in [-0.4, -0.2) is 29.3 Å². The Hall–Kier alpha value is 0.270. The van der Waals surface area contributed by atoms with Crippen LogP contribution >= 0.6 is 11.8 Å². The number of thioether (sulfide) groups is 1. The first-order valence-electron chi connectivity index (χ1n) is 3.76. The summed E-state index contributed by atoms with van der Waals surface area (Å²) in [7, 11) is 0. The van der Waals surface area contributed by atoms with Crippen molar-refractivity contribution in [3.8, 4) is 0 Å². The lowest BCUT2D eigenvalue weighted by Crippen LogP contribution is -2.65. The molecule has 1 spiro atoms. The van der Waals surface area contributed by atoms with Crippen LogP contribution in [0, 0.1) is 0 Å². The van der Waals surface area contributed by atoms with Gasteiger partial charge in [-0.3, -0.25) is 5.32 Å². The lowest BCUT2D eigenvalue weighted by atomic mass is 10.0. The van der Waals surface area contributed by atoms with Gasteiger partial charge in [0.15, 0.2) is 0 Å². The highest BCUT2D eigenvalue weighted by atomic mass is 32.2. The molecule has 2 N–H and O–H groups in total. The molecule has 0 bridgehead atoms. The highest BCUT2D eigenvalue weighted by molar-refractivity contribution is 8.01. The first-order chi connectivity index (χ1) is 4.62. The molecular formula is C7H14N2S. The first-order valence-corrected chi connectivity index (χ1v) is 4.75. The van der Waals surface area contributed by atoms with Crippen molar-refractivity contribution in [1.29, 1.82) is 0 Å². The summed E-state index contributed by atoms with van der Waals surface area (Å²) in [4.78, 5) is 0.406. The van der Waals surface area contributed by atoms with Crippen LogP contribution in [0.25, 0.3) is 0 Å². The fourth-order valence-electron chi connectivity index (χ4n) is 1.55. The zero-order valence-corrected chi connectivity index (χ0v) is 7.35. The Morgan fingerprint density at radius 1 is 1.30 bits per heavy atom. The maximum absolute atomic E-state index is 3.64. The van der Waals surface area contributed by atoms with Gasteiger partial charge in [0.05, 0.1) is 4.87 Å². The zero-order valence-electron chi connectivity index (χ0n) is 6.53. The monoisotopic (exact) mass is 158 g/mol. The molecule has 2 nitrogen and oxygen atoms in total. The lowest BCUT2D eigenvalue weighted by molar-refractivity contribution is 0.280. The number of rotatable bonds is 0. The summed E-state index contributed by atoms with van der Waals surface area (Å²) >= 11 is 2.06. The van der Waals surface area contributed by atoms with Crippen LogP contribution in [0.3, 0.4) is 0 Å². The van der Waals surface area contributed by atoms with Gasteiger partial charge in [-0.05, 0) is 13.8 Å². The second kappa shape index (κ2) is 1.90. The third-order valence-corrected chi connectivity index (χ3v) is 3.91. The Morgan fingerprint density at radius 2 is 2.00 bits per heavy atom. The molecule has 2 saturated heterocycles. The van der Waals surface area contributed by atoms with E-state index in [1.54, 1.807) is 0 Å². The van der Waals surface area contributed by atoms with Gasteiger partial charge in [0.25, 0.3) is 0 Å². The molecule has 2 fully saturated rings. The fourth-order valence-corrected chi connectivity index (χ4v) is 3.02. The fraction of sp³-hybridized carbons (Fsp3) is 1.00. The summed E-state index contributed by atoms with van der Waals surface area (Å²) in [6, 6.07) is 0. The van der Waals surface area contributed by atoms with E-state index in [-0.39, 0.29) is 0 Å². The Bertz CT molecular complexity index is 152. The minimum absolute atomic E-state index is 0.354. The molecule has 2 heterocycles. The minimum Gasteiger partial charge on any atom is -0.311 e. The topological polar surface area (TPSA) is 24.1 Å². The van der Waals surface area contributed by atoms with Crippen molar-refractivity contribution < 1.29 is 0 Å². The Kier molecular flexibility index (Phi) is 1.32. The second-order valence-electron chi connectivity index (χ2n) is 3.90. The molecule has 10 heavy (non-hydrogen) atoms. The Labute approximate surface area is 66.1 Å². The summed E-state index contributed by atoms with van der Waals surface area (Å²) in [6.45, 7) is 6.82. The largest absolute Gasteiger partial charge is 0.311 e. The third kappa shape index (κ3) is 0.966. The molecule has 0 aliphatic carbocycles. The molecule has 0 atom stereocenters. The van der Waals surface area contributed by atoms with Crippen LogP contribution in [-0.2, 0) is 0 Å². The molecule has 2 rings (SSSR count). The molecule has 0 aromatic rings. The van der Waals surface area contributed by atoms with E-state index in [0.29, 0.717) is 10.4 Å². The van der Waals surface area contributed by atoms with Gasteiger partial charge in [0, 0.05) is 24.4 Å². The van der Waals surface area contributed by atoms with Crippen LogP contribution in [0.1, 0.15) is 13.8 Å². The standard InChI is InChI=1S/C7H14N2S/c1-6(2)5-10-7(9-6)3-8-4-7/h8-9H,3-5H2,1-2H3. The van der Waals surface area contributed by atoms with E-state index < -0.39 is 0 Å². The van der Waals surface area contributed by atoms with Crippen molar-refractivity contribution in [3.63, 3.8) is 0 Å². The molecule has 0 aromatic carbocycles. The summed E-state index contributed by atoms with van der Waals surface area (Å²) in [5.74, 6) is 1.24. The quantitative estimate of drug-likeness (QED) is 0.533. The predicted molar refractivity (Wildman–Crippen MR) is 45.3 cm³/mol. The predicted octanol–water partition coefficient (Wildman–Crippen LogP) is 0.401. The van der Waals surface area contributed by atoms with E-state index in [2.05, 4.69) is 36.2 Å². The molecule has 3 heteroatoms. The second-order valence-corrected chi connectivity index (χ2v) is 5.25. The summed E-state index contributed by atoms with van der Waals surface area (Å²) in [5.41, 5.74) is 0.354. The Morgan fingerprint density at radius 3 is 2.20 bits per heavy atom. The van der Waals surface area contributed by atoms with Gasteiger partial charge < -0.3 is 5.32 Å². The highest BCUT2D eigenvalue weighted by Gasteiger charge is 2.47. The SMILES string of the molecule is CC1(C)CSC2(CNC2)N1. The average molecular weight is 158 g/mol. The number of nitrogens with one attached hydrogen (secondary N) is 2. The van der Waals surface area contributed by atoms with Crippen LogP contribution in [0.2, 0.25) is 0 Å². The van der Waals surface area contributed by atoms with Crippen molar-refractivity contribution in [2.24, 2.45) is 0 Å². The number of hydrogen-bond acceptors (Lipinski definition) is 3. The van der Waals surface area contributed by atoms with E-state index in [9.17, 15) is 0 Å². The van der Waals surface area contributed by atoms with Crippen molar-refractivity contribution in [1.82, 2.24) is 10.6 Å². The molecular weight excluding hydrogens is 144 g/mol. The van der Waals surface area contributed by atoms with E-state index in [1.165, 1.54) is 5.75 Å². The number of hydrogen-bond donors (Lipinski definition) is 2. The molecule has 58 valence electrons. The summed E-state index contributed by atoms with van der Waals surface area (Å²) < 4.78 is 0. The Balaban J connectivity index is 2.05. The molecule has 0 amide bonds. The van der Waals surface area contributed by atoms with Gasteiger partial charge in [-0.15, -0.1) is 11.8 Å². The molecule has 0 saturated carbocycles. The van der Waals surface area contributed by atoms with Crippen LogP contribution in [0.4, 0.5) is 0 Å². The third-order valence-electron chi connectivity index (χ3n) is 2.10. The molecule has 2 aliphatic rings. The average Bonchev–Trinajstić information content (AvgIpc) is 2.04. The van der Waals surface area contributed by atoms with Gasteiger partial charge in [-0.25, -0.2) is 0 Å². The van der Waals surface area contributed by atoms with Gasteiger partial charge >= 0.3 is 0 Å². The molecule has 0 aromatic heterocycles. The van der Waals surface area contributed by atoms with Crippen LogP contribution in [0.15, 0.2) is 0 Å². The van der Waals surface area contributed by atoms with Crippen molar-refractivity contribution in [2.45, 2.75) is 24.3 Å². The van der Waals surface area contributed by atoms with Gasteiger partial charge in [0.2, 0.25) is 0 Å². The van der Waals surface area contributed by atoms with Crippen LogP contribution < -0.4 is 10.6 Å². The maximum atomic E-state index is 3.64. The van der Waals surface area contributed by atoms with E-state index in [0.717, 1.165) is 13.1 Å². The summed E-state index contributed by atoms with van der Waals surface area (Å²) in [6.07, 6.45) is 0. The van der Waals surface area contributed by atoms with Crippen LogP contribution in [0.5, 0.6) is 0 Å². The van der Waals surface area contributed by atoms with Gasteiger partial charge in [-0.2, -0.15) is 0 Å². The molecule has 0 unspecified atom stereocenters. The minimum atomic E-state index is 0.354. The molecule has 0 radical (unpaired) electrons. The van der Waals surface area contributed by atoms with Gasteiger partial charge in [-0.1, -0.05) is 0 Å². The zero-order chi connectivity index (χ0) is 7.24. The van der Waals surface area contributed by atoms with E-state index >= 15 is 0 Å². The smallest absolute Gasteiger partial charge is 0.0901 e. The lowest BCUT2D eigenvalue weighted by Gasteiger charge is -2.40. The summed E-state index contributed by atoms with van der Waals surface area (Å²) in [5, 5.41) is 6.94. The van der Waals surface area contributed by atoms with Gasteiger partial charge in [0.1, 0.15) is 0 Å². The maximum Gasteiger partial charge on any atom is 0.0901 e.